The summed E-state index contributed by atoms with van der Waals surface area (Å²) < 4.78 is 5.62. The number of hydrogen-bond acceptors (Lipinski definition) is 3. The normalized spacial score (nSPS) is 22.1. The van der Waals surface area contributed by atoms with Crippen LogP contribution in [-0.2, 0) is 4.74 Å². The molecule has 5 nitrogen and oxygen atoms in total. The molecule has 1 atom stereocenters. The fourth-order valence-corrected chi connectivity index (χ4v) is 2.00. The van der Waals surface area contributed by atoms with Crippen molar-refractivity contribution in [2.24, 2.45) is 10.7 Å². The monoisotopic (exact) mass is 256 g/mol. The molecule has 1 aliphatic heterocycles. The van der Waals surface area contributed by atoms with E-state index in [2.05, 4.69) is 29.2 Å². The molecule has 0 bridgehead atoms. The minimum atomic E-state index is 0.184. The van der Waals surface area contributed by atoms with E-state index >= 15 is 0 Å². The van der Waals surface area contributed by atoms with E-state index in [1.165, 1.54) is 19.3 Å². The Labute approximate surface area is 111 Å². The number of nitrogens with two attached hydrogens (primary N) is 1. The molecule has 18 heavy (non-hydrogen) atoms. The summed E-state index contributed by atoms with van der Waals surface area (Å²) in [6.07, 6.45) is 5.15. The van der Waals surface area contributed by atoms with E-state index in [0.29, 0.717) is 12.5 Å². The van der Waals surface area contributed by atoms with Gasteiger partial charge in [-0.25, -0.2) is 0 Å². The second-order valence-electron chi connectivity index (χ2n) is 4.97. The molecule has 0 spiro atoms. The Hall–Kier alpha value is -0.810. The van der Waals surface area contributed by atoms with Gasteiger partial charge in [-0.15, -0.1) is 0 Å². The van der Waals surface area contributed by atoms with Crippen molar-refractivity contribution in [2.75, 3.05) is 39.8 Å². The van der Waals surface area contributed by atoms with Gasteiger partial charge in [-0.05, 0) is 13.5 Å². The largest absolute Gasteiger partial charge is 0.374 e. The van der Waals surface area contributed by atoms with Crippen LogP contribution in [-0.4, -0.2) is 56.8 Å². The van der Waals surface area contributed by atoms with Crippen LogP contribution in [0.3, 0.4) is 0 Å². The van der Waals surface area contributed by atoms with Crippen LogP contribution in [0.15, 0.2) is 4.99 Å². The maximum absolute atomic E-state index is 5.81. The highest BCUT2D eigenvalue weighted by Crippen LogP contribution is 2.02. The van der Waals surface area contributed by atoms with Crippen molar-refractivity contribution in [1.29, 1.82) is 0 Å². The summed E-state index contributed by atoms with van der Waals surface area (Å²) in [6.45, 7) is 6.52. The van der Waals surface area contributed by atoms with E-state index in [1.807, 2.05) is 0 Å². The van der Waals surface area contributed by atoms with Crippen molar-refractivity contribution in [1.82, 2.24) is 10.2 Å². The van der Waals surface area contributed by atoms with Gasteiger partial charge in [-0.2, -0.15) is 0 Å². The quantitative estimate of drug-likeness (QED) is 0.402. The van der Waals surface area contributed by atoms with E-state index in [1.54, 1.807) is 0 Å². The zero-order valence-corrected chi connectivity index (χ0v) is 11.8. The van der Waals surface area contributed by atoms with E-state index in [4.69, 9.17) is 10.5 Å². The molecule has 1 aliphatic rings. The van der Waals surface area contributed by atoms with Crippen LogP contribution in [0, 0.1) is 0 Å². The highest BCUT2D eigenvalue weighted by molar-refractivity contribution is 5.77. The number of likely N-dealkylation sites (N-methyl/N-ethyl adjacent to an activating group) is 1. The van der Waals surface area contributed by atoms with Crippen molar-refractivity contribution in [3.05, 3.63) is 0 Å². The average Bonchev–Trinajstić information content (AvgIpc) is 2.36. The highest BCUT2D eigenvalue weighted by atomic mass is 16.5. The molecular weight excluding hydrogens is 228 g/mol. The van der Waals surface area contributed by atoms with E-state index in [0.717, 1.165) is 32.7 Å². The van der Waals surface area contributed by atoms with E-state index < -0.39 is 0 Å². The van der Waals surface area contributed by atoms with Gasteiger partial charge in [0.15, 0.2) is 5.96 Å². The van der Waals surface area contributed by atoms with E-state index in [-0.39, 0.29) is 6.10 Å². The third-order valence-corrected chi connectivity index (χ3v) is 3.14. The smallest absolute Gasteiger partial charge is 0.188 e. The van der Waals surface area contributed by atoms with Gasteiger partial charge in [0.25, 0.3) is 0 Å². The molecule has 3 N–H and O–H groups in total. The van der Waals surface area contributed by atoms with Gasteiger partial charge in [-0.1, -0.05) is 26.2 Å². The van der Waals surface area contributed by atoms with Crippen LogP contribution >= 0.6 is 0 Å². The zero-order chi connectivity index (χ0) is 13.2. The van der Waals surface area contributed by atoms with Crippen LogP contribution in [0.5, 0.6) is 0 Å². The van der Waals surface area contributed by atoms with Crippen LogP contribution in [0.1, 0.15) is 32.6 Å². The predicted octanol–water partition coefficient (Wildman–Crippen LogP) is 0.802. The van der Waals surface area contributed by atoms with Crippen molar-refractivity contribution in [3.8, 4) is 0 Å². The van der Waals surface area contributed by atoms with Crippen molar-refractivity contribution in [2.45, 2.75) is 38.7 Å². The molecule has 1 fully saturated rings. The van der Waals surface area contributed by atoms with Crippen molar-refractivity contribution in [3.63, 3.8) is 0 Å². The average molecular weight is 256 g/mol. The molecule has 0 amide bonds. The van der Waals surface area contributed by atoms with Crippen LogP contribution in [0.2, 0.25) is 0 Å². The number of nitrogens with zero attached hydrogens (tertiary/aromatic N) is 2. The first-order chi connectivity index (χ1) is 8.72. The van der Waals surface area contributed by atoms with Crippen LogP contribution < -0.4 is 11.1 Å². The first-order valence-corrected chi connectivity index (χ1v) is 7.06. The number of guanidine groups is 1. The Morgan fingerprint density at radius 3 is 3.00 bits per heavy atom. The van der Waals surface area contributed by atoms with Gasteiger partial charge in [-0.3, -0.25) is 4.99 Å². The number of aliphatic imine (C=N–C) groups is 1. The molecule has 0 saturated carbocycles. The van der Waals surface area contributed by atoms with Gasteiger partial charge in [0.2, 0.25) is 0 Å². The SMILES string of the molecule is CCCCCCNC(N)=NCC1CN(C)CCO1. The number of nitrogens with one attached hydrogen (secondary N) is 1. The first-order valence-electron chi connectivity index (χ1n) is 7.06. The Morgan fingerprint density at radius 2 is 2.28 bits per heavy atom. The lowest BCUT2D eigenvalue weighted by molar-refractivity contribution is -0.0136. The number of ether oxygens (including phenoxy) is 1. The molecular formula is C13H28N4O. The van der Waals surface area contributed by atoms with Gasteiger partial charge in [0, 0.05) is 19.6 Å². The Kier molecular flexibility index (Phi) is 7.76. The third kappa shape index (κ3) is 6.81. The molecule has 5 heteroatoms. The van der Waals surface area contributed by atoms with Gasteiger partial charge in [0.1, 0.15) is 0 Å². The zero-order valence-electron chi connectivity index (χ0n) is 11.8. The molecule has 0 aromatic rings. The van der Waals surface area contributed by atoms with Crippen LogP contribution in [0.25, 0.3) is 0 Å². The molecule has 0 aromatic carbocycles. The minimum Gasteiger partial charge on any atom is -0.374 e. The molecule has 0 aliphatic carbocycles. The third-order valence-electron chi connectivity index (χ3n) is 3.14. The Bertz CT molecular complexity index is 245. The first kappa shape index (κ1) is 15.2. The molecule has 1 rings (SSSR count). The predicted molar refractivity (Wildman–Crippen MR) is 75.9 cm³/mol. The van der Waals surface area contributed by atoms with Gasteiger partial charge < -0.3 is 20.7 Å². The molecule has 106 valence electrons. The standard InChI is InChI=1S/C13H28N4O/c1-3-4-5-6-7-15-13(14)16-10-12-11-17(2)8-9-18-12/h12H,3-11H2,1-2H3,(H3,14,15,16). The summed E-state index contributed by atoms with van der Waals surface area (Å²) in [6, 6.07) is 0. The van der Waals surface area contributed by atoms with Crippen molar-refractivity contribution < 1.29 is 4.74 Å². The topological polar surface area (TPSA) is 62.9 Å². The fraction of sp³-hybridized carbons (Fsp3) is 0.923. The summed E-state index contributed by atoms with van der Waals surface area (Å²) in [5.41, 5.74) is 5.81. The summed E-state index contributed by atoms with van der Waals surface area (Å²) in [5, 5.41) is 3.15. The lowest BCUT2D eigenvalue weighted by atomic mass is 10.2. The maximum Gasteiger partial charge on any atom is 0.188 e. The molecule has 1 unspecified atom stereocenters. The summed E-state index contributed by atoms with van der Waals surface area (Å²) in [7, 11) is 2.11. The fourth-order valence-electron chi connectivity index (χ4n) is 2.00. The van der Waals surface area contributed by atoms with E-state index in [9.17, 15) is 0 Å². The Balaban J connectivity index is 2.09. The molecule has 1 heterocycles. The molecule has 0 radical (unpaired) electrons. The van der Waals surface area contributed by atoms with Crippen LogP contribution in [0.4, 0.5) is 0 Å². The number of morpholine rings is 1. The van der Waals surface area contributed by atoms with Gasteiger partial charge >= 0.3 is 0 Å². The maximum atomic E-state index is 5.81. The second kappa shape index (κ2) is 9.16. The summed E-state index contributed by atoms with van der Waals surface area (Å²) >= 11 is 0. The second-order valence-corrected chi connectivity index (χ2v) is 4.97. The number of hydrogen-bond donors (Lipinski definition) is 2. The molecule has 1 saturated heterocycles. The number of unbranched alkanes of at least 4 members (excludes halogenated alkanes) is 3. The highest BCUT2D eigenvalue weighted by Gasteiger charge is 2.16. The summed E-state index contributed by atoms with van der Waals surface area (Å²) in [5.74, 6) is 0.545. The minimum absolute atomic E-state index is 0.184. The molecule has 0 aromatic heterocycles. The van der Waals surface area contributed by atoms with Gasteiger partial charge in [0.05, 0.1) is 19.3 Å². The van der Waals surface area contributed by atoms with Crippen molar-refractivity contribution >= 4 is 5.96 Å². The Morgan fingerprint density at radius 1 is 1.44 bits per heavy atom. The number of rotatable bonds is 7. The lowest BCUT2D eigenvalue weighted by Gasteiger charge is -2.29. The summed E-state index contributed by atoms with van der Waals surface area (Å²) in [4.78, 5) is 6.59. The lowest BCUT2D eigenvalue weighted by Crippen LogP contribution is -2.42.